The van der Waals surface area contributed by atoms with Crippen molar-refractivity contribution in [1.29, 1.82) is 0 Å². The van der Waals surface area contributed by atoms with Crippen LogP contribution in [0.15, 0.2) is 28.2 Å². The highest BCUT2D eigenvalue weighted by atomic mass is 32.2. The SMILES string of the molecule is CCN(CC)c1nc2nc(SCC(=O)N3CCOc4ccc(C)cc43)n(C(C)C)c(=O)c2s1. The van der Waals surface area contributed by atoms with Crippen molar-refractivity contribution in [2.75, 3.05) is 41.8 Å². The number of hydrogen-bond donors (Lipinski definition) is 0. The number of thiazole rings is 1. The first kappa shape index (κ1) is 23.6. The van der Waals surface area contributed by atoms with Gasteiger partial charge in [-0.1, -0.05) is 29.2 Å². The van der Waals surface area contributed by atoms with Crippen LogP contribution < -0.4 is 20.1 Å². The zero-order chi connectivity index (χ0) is 23.7. The summed E-state index contributed by atoms with van der Waals surface area (Å²) in [6, 6.07) is 5.76. The average Bonchev–Trinajstić information content (AvgIpc) is 3.21. The van der Waals surface area contributed by atoms with Gasteiger partial charge in [-0.05, 0) is 52.3 Å². The second-order valence-corrected chi connectivity index (χ2v) is 10.1. The molecule has 4 rings (SSSR count). The third-order valence-corrected chi connectivity index (χ3v) is 7.60. The Hall–Kier alpha value is -2.59. The largest absolute Gasteiger partial charge is 0.490 e. The number of amides is 1. The predicted octanol–water partition coefficient (Wildman–Crippen LogP) is 4.11. The quantitative estimate of drug-likeness (QED) is 0.366. The van der Waals surface area contributed by atoms with E-state index in [0.29, 0.717) is 28.7 Å². The Kier molecular flexibility index (Phi) is 6.94. The van der Waals surface area contributed by atoms with Crippen molar-refractivity contribution >= 4 is 50.2 Å². The van der Waals surface area contributed by atoms with Crippen LogP contribution in [0.4, 0.5) is 10.8 Å². The first-order chi connectivity index (χ1) is 15.8. The predicted molar refractivity (Wildman–Crippen MR) is 135 cm³/mol. The maximum atomic E-state index is 13.3. The minimum absolute atomic E-state index is 0.0399. The molecule has 0 N–H and O–H groups in total. The van der Waals surface area contributed by atoms with E-state index in [-0.39, 0.29) is 23.3 Å². The second-order valence-electron chi connectivity index (χ2n) is 8.14. The van der Waals surface area contributed by atoms with Crippen LogP contribution in [0, 0.1) is 6.92 Å². The van der Waals surface area contributed by atoms with Gasteiger partial charge in [0.1, 0.15) is 17.1 Å². The lowest BCUT2D eigenvalue weighted by atomic mass is 10.1. The van der Waals surface area contributed by atoms with Gasteiger partial charge in [0.2, 0.25) is 5.91 Å². The van der Waals surface area contributed by atoms with Crippen molar-refractivity contribution in [2.24, 2.45) is 0 Å². The van der Waals surface area contributed by atoms with Gasteiger partial charge >= 0.3 is 0 Å². The monoisotopic (exact) mass is 487 g/mol. The lowest BCUT2D eigenvalue weighted by Crippen LogP contribution is -2.39. The fourth-order valence-electron chi connectivity index (χ4n) is 3.83. The number of thioether (sulfide) groups is 1. The molecule has 0 saturated heterocycles. The molecule has 0 atom stereocenters. The number of aromatic nitrogens is 3. The molecule has 10 heteroatoms. The fraction of sp³-hybridized carbons (Fsp3) is 0.478. The molecule has 1 aromatic carbocycles. The van der Waals surface area contributed by atoms with Crippen LogP contribution in [0.3, 0.4) is 0 Å². The van der Waals surface area contributed by atoms with Crippen molar-refractivity contribution in [1.82, 2.24) is 14.5 Å². The summed E-state index contributed by atoms with van der Waals surface area (Å²) in [5, 5.41) is 1.32. The third kappa shape index (κ3) is 4.59. The van der Waals surface area contributed by atoms with Crippen LogP contribution in [-0.2, 0) is 4.79 Å². The van der Waals surface area contributed by atoms with E-state index in [2.05, 4.69) is 23.7 Å². The zero-order valence-corrected chi connectivity index (χ0v) is 21.3. The van der Waals surface area contributed by atoms with Gasteiger partial charge in [0.15, 0.2) is 15.9 Å². The first-order valence-electron chi connectivity index (χ1n) is 11.2. The fourth-order valence-corrected chi connectivity index (χ4v) is 5.90. The van der Waals surface area contributed by atoms with Crippen LogP contribution in [0.5, 0.6) is 5.75 Å². The van der Waals surface area contributed by atoms with E-state index in [1.54, 1.807) is 9.47 Å². The van der Waals surface area contributed by atoms with Gasteiger partial charge in [-0.15, -0.1) is 0 Å². The van der Waals surface area contributed by atoms with Gasteiger partial charge in [-0.3, -0.25) is 14.2 Å². The molecule has 0 fully saturated rings. The number of hydrogen-bond acceptors (Lipinski definition) is 8. The molecular weight excluding hydrogens is 458 g/mol. The summed E-state index contributed by atoms with van der Waals surface area (Å²) in [4.78, 5) is 39.7. The molecule has 3 aromatic rings. The summed E-state index contributed by atoms with van der Waals surface area (Å²) in [6.07, 6.45) is 0. The van der Waals surface area contributed by atoms with Crippen LogP contribution in [0.1, 0.15) is 39.3 Å². The van der Waals surface area contributed by atoms with E-state index in [9.17, 15) is 9.59 Å². The van der Waals surface area contributed by atoms with Crippen molar-refractivity contribution in [2.45, 2.75) is 45.8 Å². The molecule has 2 aromatic heterocycles. The molecule has 0 aliphatic carbocycles. The summed E-state index contributed by atoms with van der Waals surface area (Å²) in [6.45, 7) is 12.6. The van der Waals surface area contributed by atoms with Crippen molar-refractivity contribution in [3.63, 3.8) is 0 Å². The number of rotatable bonds is 7. The summed E-state index contributed by atoms with van der Waals surface area (Å²) in [7, 11) is 0. The Balaban J connectivity index is 1.63. The Morgan fingerprint density at radius 3 is 2.73 bits per heavy atom. The lowest BCUT2D eigenvalue weighted by molar-refractivity contribution is -0.116. The molecule has 0 spiro atoms. The zero-order valence-electron chi connectivity index (χ0n) is 19.6. The van der Waals surface area contributed by atoms with Crippen molar-refractivity contribution in [3.05, 3.63) is 34.1 Å². The van der Waals surface area contributed by atoms with E-state index in [0.717, 1.165) is 35.2 Å². The number of ether oxygens (including phenoxy) is 1. The highest BCUT2D eigenvalue weighted by molar-refractivity contribution is 7.99. The van der Waals surface area contributed by atoms with Crippen LogP contribution >= 0.6 is 23.1 Å². The molecule has 0 unspecified atom stereocenters. The number of carbonyl (C=O) groups excluding carboxylic acids is 1. The Bertz CT molecular complexity index is 1230. The van der Waals surface area contributed by atoms with Gasteiger partial charge in [0.25, 0.3) is 5.56 Å². The summed E-state index contributed by atoms with van der Waals surface area (Å²) in [5.41, 5.74) is 2.21. The number of fused-ring (bicyclic) bond motifs is 2. The van der Waals surface area contributed by atoms with Crippen molar-refractivity contribution < 1.29 is 9.53 Å². The van der Waals surface area contributed by atoms with E-state index in [1.165, 1.54) is 23.1 Å². The van der Waals surface area contributed by atoms with E-state index < -0.39 is 0 Å². The molecule has 0 bridgehead atoms. The molecular formula is C23H29N5O3S2. The van der Waals surface area contributed by atoms with Gasteiger partial charge in [-0.25, -0.2) is 4.98 Å². The number of carbonyl (C=O) groups is 1. The molecule has 3 heterocycles. The van der Waals surface area contributed by atoms with E-state index >= 15 is 0 Å². The minimum Gasteiger partial charge on any atom is -0.490 e. The molecule has 8 nitrogen and oxygen atoms in total. The van der Waals surface area contributed by atoms with Gasteiger partial charge in [0.05, 0.1) is 18.0 Å². The molecule has 1 aliphatic rings. The van der Waals surface area contributed by atoms with Crippen LogP contribution in [0.2, 0.25) is 0 Å². The van der Waals surface area contributed by atoms with Gasteiger partial charge in [-0.2, -0.15) is 4.98 Å². The van der Waals surface area contributed by atoms with Gasteiger partial charge in [0, 0.05) is 19.1 Å². The Labute approximate surface area is 201 Å². The second kappa shape index (κ2) is 9.72. The molecule has 0 radical (unpaired) electrons. The van der Waals surface area contributed by atoms with E-state index in [4.69, 9.17) is 9.72 Å². The molecule has 1 aliphatic heterocycles. The van der Waals surface area contributed by atoms with E-state index in [1.807, 2.05) is 39.0 Å². The molecule has 0 saturated carbocycles. The van der Waals surface area contributed by atoms with Crippen LogP contribution in [-0.4, -0.2) is 52.4 Å². The highest BCUT2D eigenvalue weighted by Gasteiger charge is 2.25. The molecule has 33 heavy (non-hydrogen) atoms. The number of anilines is 2. The summed E-state index contributed by atoms with van der Waals surface area (Å²) >= 11 is 2.67. The standard InChI is InChI=1S/C23H29N5O3S2/c1-6-26(7-2)22-24-20-19(33-22)21(30)28(14(3)4)23(25-20)32-13-18(29)27-10-11-31-17-9-8-15(5)12-16(17)27/h8-9,12,14H,6-7,10-11,13H2,1-5H3. The smallest absolute Gasteiger partial charge is 0.274 e. The number of benzene rings is 1. The number of nitrogens with zero attached hydrogens (tertiary/aromatic N) is 5. The molecule has 1 amide bonds. The summed E-state index contributed by atoms with van der Waals surface area (Å²) in [5.74, 6) is 0.850. The van der Waals surface area contributed by atoms with Gasteiger partial charge < -0.3 is 14.5 Å². The third-order valence-electron chi connectivity index (χ3n) is 5.57. The summed E-state index contributed by atoms with van der Waals surface area (Å²) < 4.78 is 7.93. The maximum Gasteiger partial charge on any atom is 0.274 e. The minimum atomic E-state index is -0.104. The average molecular weight is 488 g/mol. The Morgan fingerprint density at radius 1 is 1.27 bits per heavy atom. The maximum absolute atomic E-state index is 13.3. The normalized spacial score (nSPS) is 13.3. The number of aryl methyl sites for hydroxylation is 1. The van der Waals surface area contributed by atoms with Crippen molar-refractivity contribution in [3.8, 4) is 5.75 Å². The highest BCUT2D eigenvalue weighted by Crippen LogP contribution is 2.33. The topological polar surface area (TPSA) is 80.6 Å². The van der Waals surface area contributed by atoms with Crippen LogP contribution in [0.25, 0.3) is 10.3 Å². The Morgan fingerprint density at radius 2 is 2.03 bits per heavy atom. The molecule has 176 valence electrons. The lowest BCUT2D eigenvalue weighted by Gasteiger charge is -2.29. The first-order valence-corrected chi connectivity index (χ1v) is 13.0.